The molecule has 0 unspecified atom stereocenters. The van der Waals surface area contributed by atoms with Crippen LogP contribution in [0.25, 0.3) is 32.7 Å². The Labute approximate surface area is 327 Å². The number of carbonyl (C=O) groups is 4. The van der Waals surface area contributed by atoms with Crippen LogP contribution in [0.4, 0.5) is 37.7 Å². The number of rotatable bonds is 11. The average molecular weight is 801 g/mol. The van der Waals surface area contributed by atoms with Gasteiger partial charge in [-0.25, -0.2) is 0 Å². The van der Waals surface area contributed by atoms with E-state index in [9.17, 15) is 45.5 Å². The van der Waals surface area contributed by atoms with Crippen LogP contribution in [0.15, 0.2) is 109 Å². The van der Waals surface area contributed by atoms with E-state index >= 15 is 0 Å². The van der Waals surface area contributed by atoms with Gasteiger partial charge < -0.3 is 20.1 Å². The summed E-state index contributed by atoms with van der Waals surface area (Å²) < 4.78 is 92.5. The first-order valence-electron chi connectivity index (χ1n) is 17.8. The van der Waals surface area contributed by atoms with E-state index < -0.39 is 59.1 Å². The quantitative estimate of drug-likeness (QED) is 0.0997. The molecular weight excluding hydrogens is 766 g/mol. The molecule has 298 valence electrons. The summed E-state index contributed by atoms with van der Waals surface area (Å²) in [7, 11) is 0. The zero-order chi connectivity index (χ0) is 42.1. The van der Waals surface area contributed by atoms with E-state index in [2.05, 4.69) is 10.6 Å². The van der Waals surface area contributed by atoms with Crippen molar-refractivity contribution in [3.63, 3.8) is 0 Å². The van der Waals surface area contributed by atoms with Gasteiger partial charge in [0, 0.05) is 33.6 Å². The topological polar surface area (TPSA) is 111 Å². The lowest BCUT2D eigenvalue weighted by atomic mass is 9.88. The van der Waals surface area contributed by atoms with Crippen molar-refractivity contribution in [2.24, 2.45) is 0 Å². The molecule has 0 aromatic heterocycles. The first kappa shape index (κ1) is 40.9. The van der Waals surface area contributed by atoms with Gasteiger partial charge in [0.25, 0.3) is 23.4 Å². The molecule has 0 fully saturated rings. The van der Waals surface area contributed by atoms with Crippen molar-refractivity contribution in [3.05, 3.63) is 131 Å². The van der Waals surface area contributed by atoms with E-state index in [1.807, 2.05) is 0 Å². The number of Topliss-reactive ketones (excluding diaryl/α,β-unsaturated/α-hetero) is 2. The Morgan fingerprint density at radius 3 is 1.21 bits per heavy atom. The Hall–Kier alpha value is -6.70. The third kappa shape index (κ3) is 8.65. The molecule has 2 amide bonds. The summed E-state index contributed by atoms with van der Waals surface area (Å²) in [6, 6.07) is 25.9. The van der Waals surface area contributed by atoms with Crippen LogP contribution in [-0.4, -0.2) is 47.9 Å². The number of ether oxygens (including phenoxy) is 2. The van der Waals surface area contributed by atoms with E-state index in [0.29, 0.717) is 32.7 Å². The minimum atomic E-state index is -5.14. The molecule has 0 saturated heterocycles. The zero-order valence-electron chi connectivity index (χ0n) is 31.3. The van der Waals surface area contributed by atoms with Gasteiger partial charge in [0.15, 0.2) is 0 Å². The standard InChI is InChI=1S/C44H34F6N2O6/c1-23(2)57-37-33(41(55)51-29-15-9-13-27(19-29)39(53)43(45,46)47)21-25-11-5-7-17-31(25)35(37)36-32-18-8-6-12-26(32)22-34(38(36)58-24(3)4)42(56)52-30-16-10-14-28(20-30)40(54)44(48,49)50/h5-24H,1-4H3,(H,51,55)(H,52,56). The Morgan fingerprint density at radius 1 is 0.500 bits per heavy atom. The second-order valence-corrected chi connectivity index (χ2v) is 13.8. The molecule has 6 aromatic carbocycles. The van der Waals surface area contributed by atoms with E-state index in [4.69, 9.17) is 9.47 Å². The number of halogens is 6. The van der Waals surface area contributed by atoms with Gasteiger partial charge in [0.05, 0.1) is 23.3 Å². The van der Waals surface area contributed by atoms with E-state index in [1.54, 1.807) is 88.4 Å². The van der Waals surface area contributed by atoms with Gasteiger partial charge >= 0.3 is 12.4 Å². The summed E-state index contributed by atoms with van der Waals surface area (Å²) in [5, 5.41) is 7.36. The van der Waals surface area contributed by atoms with Crippen LogP contribution in [0.2, 0.25) is 0 Å². The number of hydrogen-bond acceptors (Lipinski definition) is 6. The first-order chi connectivity index (χ1) is 27.3. The Bertz CT molecular complexity index is 2420. The summed E-state index contributed by atoms with van der Waals surface area (Å²) in [5.41, 5.74) is -1.02. The second kappa shape index (κ2) is 16.0. The summed E-state index contributed by atoms with van der Waals surface area (Å²) in [4.78, 5) is 52.6. The maximum Gasteiger partial charge on any atom is 0.454 e. The van der Waals surface area contributed by atoms with Crippen molar-refractivity contribution in [3.8, 4) is 22.6 Å². The molecule has 58 heavy (non-hydrogen) atoms. The van der Waals surface area contributed by atoms with Crippen molar-refractivity contribution in [1.29, 1.82) is 0 Å². The van der Waals surface area contributed by atoms with Gasteiger partial charge in [-0.05, 0) is 85.6 Å². The lowest BCUT2D eigenvalue weighted by molar-refractivity contribution is -0.0888. The van der Waals surface area contributed by atoms with Crippen LogP contribution < -0.4 is 20.1 Å². The van der Waals surface area contributed by atoms with Crippen molar-refractivity contribution in [2.45, 2.75) is 52.3 Å². The smallest absolute Gasteiger partial charge is 0.454 e. The molecule has 0 radical (unpaired) electrons. The average Bonchev–Trinajstić information content (AvgIpc) is 3.16. The predicted octanol–water partition coefficient (Wildman–Crippen LogP) is 11.2. The fourth-order valence-corrected chi connectivity index (χ4v) is 6.41. The minimum absolute atomic E-state index is 0.0309. The molecule has 0 bridgehead atoms. The molecule has 14 heteroatoms. The highest BCUT2D eigenvalue weighted by Crippen LogP contribution is 2.49. The number of hydrogen-bond donors (Lipinski definition) is 2. The first-order valence-corrected chi connectivity index (χ1v) is 17.8. The van der Waals surface area contributed by atoms with E-state index in [-0.39, 0.29) is 34.0 Å². The lowest BCUT2D eigenvalue weighted by Gasteiger charge is -2.25. The van der Waals surface area contributed by atoms with Crippen molar-refractivity contribution < 1.29 is 55.0 Å². The summed E-state index contributed by atoms with van der Waals surface area (Å²) in [6.07, 6.45) is -11.4. The molecule has 0 aliphatic rings. The highest BCUT2D eigenvalue weighted by molar-refractivity contribution is 6.19. The van der Waals surface area contributed by atoms with E-state index in [1.165, 1.54) is 24.3 Å². The number of benzene rings is 6. The van der Waals surface area contributed by atoms with Crippen molar-refractivity contribution >= 4 is 56.3 Å². The number of alkyl halides is 6. The maximum atomic E-state index is 14.3. The number of ketones is 2. The fraction of sp³-hybridized carbons (Fsp3) is 0.182. The van der Waals surface area contributed by atoms with Gasteiger partial charge in [-0.2, -0.15) is 26.3 Å². The molecule has 0 aliphatic heterocycles. The second-order valence-electron chi connectivity index (χ2n) is 13.8. The Balaban J connectivity index is 1.60. The molecule has 8 nitrogen and oxygen atoms in total. The highest BCUT2D eigenvalue weighted by Gasteiger charge is 2.40. The van der Waals surface area contributed by atoms with Crippen LogP contribution in [0.3, 0.4) is 0 Å². The van der Waals surface area contributed by atoms with Gasteiger partial charge in [-0.15, -0.1) is 0 Å². The summed E-state index contributed by atoms with van der Waals surface area (Å²) in [5.74, 6) is -5.70. The molecule has 0 spiro atoms. The Morgan fingerprint density at radius 2 is 0.862 bits per heavy atom. The lowest BCUT2D eigenvalue weighted by Crippen LogP contribution is -2.23. The maximum absolute atomic E-state index is 14.3. The van der Waals surface area contributed by atoms with Crippen LogP contribution in [0.5, 0.6) is 11.5 Å². The monoisotopic (exact) mass is 800 g/mol. The highest BCUT2D eigenvalue weighted by atomic mass is 19.4. The van der Waals surface area contributed by atoms with Crippen LogP contribution >= 0.6 is 0 Å². The molecule has 6 aromatic rings. The number of fused-ring (bicyclic) bond motifs is 2. The van der Waals surface area contributed by atoms with Gasteiger partial charge in [-0.1, -0.05) is 72.8 Å². The number of anilines is 2. The number of nitrogens with one attached hydrogen (secondary N) is 2. The molecular formula is C44H34F6N2O6. The zero-order valence-corrected chi connectivity index (χ0v) is 31.3. The van der Waals surface area contributed by atoms with Crippen molar-refractivity contribution in [2.75, 3.05) is 10.6 Å². The largest absolute Gasteiger partial charge is 0.489 e. The molecule has 0 heterocycles. The predicted molar refractivity (Wildman–Crippen MR) is 208 cm³/mol. The minimum Gasteiger partial charge on any atom is -0.489 e. The molecule has 6 rings (SSSR count). The fourth-order valence-electron chi connectivity index (χ4n) is 6.41. The normalized spacial score (nSPS) is 11.9. The SMILES string of the molecule is CC(C)Oc1c(C(=O)Nc2cccc(C(=O)C(F)(F)F)c2)cc2ccccc2c1-c1c(OC(C)C)c(C(=O)Nc2cccc(C(=O)C(F)(F)F)c2)cc2ccccc12. The third-order valence-electron chi connectivity index (χ3n) is 8.73. The van der Waals surface area contributed by atoms with Crippen LogP contribution in [0, 0.1) is 0 Å². The number of carbonyl (C=O) groups excluding carboxylic acids is 4. The molecule has 0 atom stereocenters. The molecule has 2 N–H and O–H groups in total. The summed E-state index contributed by atoms with van der Waals surface area (Å²) in [6.45, 7) is 6.88. The van der Waals surface area contributed by atoms with E-state index in [0.717, 1.165) is 24.3 Å². The van der Waals surface area contributed by atoms with Crippen LogP contribution in [-0.2, 0) is 0 Å². The molecule has 0 aliphatic carbocycles. The van der Waals surface area contributed by atoms with Gasteiger partial charge in [-0.3, -0.25) is 19.2 Å². The van der Waals surface area contributed by atoms with Gasteiger partial charge in [0.2, 0.25) is 0 Å². The van der Waals surface area contributed by atoms with Crippen LogP contribution in [0.1, 0.15) is 69.1 Å². The number of amides is 2. The third-order valence-corrected chi connectivity index (χ3v) is 8.73. The molecule has 0 saturated carbocycles. The Kier molecular flexibility index (Phi) is 11.3. The summed E-state index contributed by atoms with van der Waals surface area (Å²) >= 11 is 0. The van der Waals surface area contributed by atoms with Crippen molar-refractivity contribution in [1.82, 2.24) is 0 Å². The van der Waals surface area contributed by atoms with Gasteiger partial charge in [0.1, 0.15) is 11.5 Å².